The predicted molar refractivity (Wildman–Crippen MR) is 78.5 cm³/mol. The van der Waals surface area contributed by atoms with Gasteiger partial charge >= 0.3 is 0 Å². The average molecular weight is 254 g/mol. The van der Waals surface area contributed by atoms with Gasteiger partial charge in [0.15, 0.2) is 6.10 Å². The lowest BCUT2D eigenvalue weighted by atomic mass is 10.0. The third-order valence-corrected chi connectivity index (χ3v) is 2.96. The lowest BCUT2D eigenvalue weighted by Gasteiger charge is -2.18. The lowest BCUT2D eigenvalue weighted by molar-refractivity contribution is 0.261. The summed E-state index contributed by atoms with van der Waals surface area (Å²) < 4.78 is 5.86. The van der Waals surface area contributed by atoms with Crippen LogP contribution >= 0.6 is 0 Å². The third-order valence-electron chi connectivity index (χ3n) is 2.96. The molecular weight excluding hydrogens is 236 g/mol. The first-order chi connectivity index (χ1) is 9.22. The minimum Gasteiger partial charge on any atom is -0.482 e. The Hall–Kier alpha value is -2.29. The number of nitrogens with one attached hydrogen (secondary N) is 1. The van der Waals surface area contributed by atoms with Crippen LogP contribution in [0.15, 0.2) is 54.6 Å². The van der Waals surface area contributed by atoms with Crippen LogP contribution in [0.25, 0.3) is 11.1 Å². The van der Waals surface area contributed by atoms with Gasteiger partial charge in [-0.1, -0.05) is 55.5 Å². The molecule has 0 aromatic heterocycles. The predicted octanol–water partition coefficient (Wildman–Crippen LogP) is 3.45. The first-order valence-corrected chi connectivity index (χ1v) is 6.37. The fourth-order valence-electron chi connectivity index (χ4n) is 1.95. The molecule has 98 valence electrons. The van der Waals surface area contributed by atoms with Crippen LogP contribution in [0.1, 0.15) is 13.3 Å². The van der Waals surface area contributed by atoms with Crippen molar-refractivity contribution >= 4 is 5.84 Å². The van der Waals surface area contributed by atoms with Gasteiger partial charge in [-0.3, -0.25) is 5.41 Å². The topological polar surface area (TPSA) is 59.1 Å². The van der Waals surface area contributed by atoms with Gasteiger partial charge in [-0.25, -0.2) is 0 Å². The third kappa shape index (κ3) is 3.13. The van der Waals surface area contributed by atoms with Gasteiger partial charge in [-0.2, -0.15) is 0 Å². The van der Waals surface area contributed by atoms with Crippen molar-refractivity contribution in [3.05, 3.63) is 54.6 Å². The van der Waals surface area contributed by atoms with Gasteiger partial charge in [-0.05, 0) is 18.1 Å². The Kier molecular flexibility index (Phi) is 4.18. The van der Waals surface area contributed by atoms with Crippen molar-refractivity contribution in [1.82, 2.24) is 0 Å². The molecule has 0 aliphatic carbocycles. The van der Waals surface area contributed by atoms with Crippen molar-refractivity contribution in [3.63, 3.8) is 0 Å². The molecule has 0 saturated carbocycles. The second-order valence-electron chi connectivity index (χ2n) is 4.33. The van der Waals surface area contributed by atoms with Gasteiger partial charge in [-0.15, -0.1) is 0 Å². The molecular formula is C16H18N2O. The highest BCUT2D eigenvalue weighted by atomic mass is 16.5. The van der Waals surface area contributed by atoms with E-state index in [1.165, 1.54) is 0 Å². The minimum atomic E-state index is -0.370. The molecule has 3 heteroatoms. The summed E-state index contributed by atoms with van der Waals surface area (Å²) in [5.41, 5.74) is 7.65. The number of para-hydroxylation sites is 1. The highest BCUT2D eigenvalue weighted by molar-refractivity contribution is 5.82. The van der Waals surface area contributed by atoms with E-state index in [4.69, 9.17) is 15.9 Å². The van der Waals surface area contributed by atoms with Crippen LogP contribution in [0.3, 0.4) is 0 Å². The molecule has 3 N–H and O–H groups in total. The molecule has 2 rings (SSSR count). The number of hydrogen-bond donors (Lipinski definition) is 2. The highest BCUT2D eigenvalue weighted by Crippen LogP contribution is 2.30. The van der Waals surface area contributed by atoms with E-state index in [1.54, 1.807) is 0 Å². The lowest BCUT2D eigenvalue weighted by Crippen LogP contribution is -2.32. The SMILES string of the molecule is CCC(Oc1ccccc1-c1ccccc1)C(=N)N. The second-order valence-corrected chi connectivity index (χ2v) is 4.33. The largest absolute Gasteiger partial charge is 0.482 e. The van der Waals surface area contributed by atoms with Crippen LogP contribution < -0.4 is 10.5 Å². The Morgan fingerprint density at radius 3 is 2.37 bits per heavy atom. The summed E-state index contributed by atoms with van der Waals surface area (Å²) in [7, 11) is 0. The maximum absolute atomic E-state index is 7.53. The first kappa shape index (κ1) is 13.1. The zero-order valence-electron chi connectivity index (χ0n) is 11.0. The van der Waals surface area contributed by atoms with Crippen molar-refractivity contribution in [2.45, 2.75) is 19.4 Å². The Balaban J connectivity index is 2.34. The summed E-state index contributed by atoms with van der Waals surface area (Å²) in [6.45, 7) is 1.96. The van der Waals surface area contributed by atoms with Gasteiger partial charge < -0.3 is 10.5 Å². The molecule has 0 saturated heterocycles. The van der Waals surface area contributed by atoms with E-state index in [1.807, 2.05) is 61.5 Å². The summed E-state index contributed by atoms with van der Waals surface area (Å²) in [6, 6.07) is 17.9. The second kappa shape index (κ2) is 6.05. The van der Waals surface area contributed by atoms with Crippen LogP contribution in [0.5, 0.6) is 5.75 Å². The number of ether oxygens (including phenoxy) is 1. The molecule has 0 spiro atoms. The smallest absolute Gasteiger partial charge is 0.155 e. The number of hydrogen-bond acceptors (Lipinski definition) is 2. The number of rotatable bonds is 5. The Bertz CT molecular complexity index is 552. The molecule has 0 radical (unpaired) electrons. The normalized spacial score (nSPS) is 11.8. The van der Waals surface area contributed by atoms with Crippen LogP contribution in [0.4, 0.5) is 0 Å². The maximum Gasteiger partial charge on any atom is 0.155 e. The molecule has 3 nitrogen and oxygen atoms in total. The van der Waals surface area contributed by atoms with E-state index in [-0.39, 0.29) is 11.9 Å². The average Bonchev–Trinajstić information content (AvgIpc) is 2.45. The van der Waals surface area contributed by atoms with Gasteiger partial charge in [0.25, 0.3) is 0 Å². The van der Waals surface area contributed by atoms with Gasteiger partial charge in [0.2, 0.25) is 0 Å². The van der Waals surface area contributed by atoms with Crippen molar-refractivity contribution < 1.29 is 4.74 Å². The quantitative estimate of drug-likeness (QED) is 0.634. The van der Waals surface area contributed by atoms with E-state index < -0.39 is 0 Å². The molecule has 2 aromatic rings. The molecule has 0 fully saturated rings. The standard InChI is InChI=1S/C16H18N2O/c1-2-14(16(17)18)19-15-11-7-6-10-13(15)12-8-4-3-5-9-12/h3-11,14H,2H2,1H3,(H3,17,18). The summed E-state index contributed by atoms with van der Waals surface area (Å²) in [5.74, 6) is 0.820. The zero-order chi connectivity index (χ0) is 13.7. The number of nitrogens with two attached hydrogens (primary N) is 1. The molecule has 0 heterocycles. The molecule has 0 aliphatic rings. The van der Waals surface area contributed by atoms with Crippen LogP contribution in [0, 0.1) is 5.41 Å². The summed E-state index contributed by atoms with van der Waals surface area (Å²) in [6.07, 6.45) is 0.309. The van der Waals surface area contributed by atoms with E-state index in [0.717, 1.165) is 16.9 Å². The monoisotopic (exact) mass is 254 g/mol. The summed E-state index contributed by atoms with van der Waals surface area (Å²) in [5, 5.41) is 7.53. The number of amidine groups is 1. The first-order valence-electron chi connectivity index (χ1n) is 6.37. The van der Waals surface area contributed by atoms with E-state index in [2.05, 4.69) is 0 Å². The highest BCUT2D eigenvalue weighted by Gasteiger charge is 2.14. The molecule has 2 aromatic carbocycles. The van der Waals surface area contributed by atoms with Crippen molar-refractivity contribution in [2.24, 2.45) is 5.73 Å². The summed E-state index contributed by atoms with van der Waals surface area (Å²) >= 11 is 0. The molecule has 0 amide bonds. The van der Waals surface area contributed by atoms with E-state index in [9.17, 15) is 0 Å². The van der Waals surface area contributed by atoms with Crippen molar-refractivity contribution in [3.8, 4) is 16.9 Å². The van der Waals surface area contributed by atoms with Gasteiger partial charge in [0.05, 0.1) is 0 Å². The Labute approximate surface area is 113 Å². The van der Waals surface area contributed by atoms with Crippen LogP contribution in [-0.4, -0.2) is 11.9 Å². The Morgan fingerprint density at radius 1 is 1.11 bits per heavy atom. The molecule has 19 heavy (non-hydrogen) atoms. The summed E-state index contributed by atoms with van der Waals surface area (Å²) in [4.78, 5) is 0. The maximum atomic E-state index is 7.53. The van der Waals surface area contributed by atoms with Crippen molar-refractivity contribution in [1.29, 1.82) is 5.41 Å². The Morgan fingerprint density at radius 2 is 1.74 bits per heavy atom. The minimum absolute atomic E-state index is 0.0605. The zero-order valence-corrected chi connectivity index (χ0v) is 11.0. The van der Waals surface area contributed by atoms with Crippen molar-refractivity contribution in [2.75, 3.05) is 0 Å². The molecule has 0 bridgehead atoms. The van der Waals surface area contributed by atoms with Gasteiger partial charge in [0, 0.05) is 5.56 Å². The van der Waals surface area contributed by atoms with Crippen LogP contribution in [0.2, 0.25) is 0 Å². The number of benzene rings is 2. The molecule has 0 aliphatic heterocycles. The van der Waals surface area contributed by atoms with Gasteiger partial charge in [0.1, 0.15) is 11.6 Å². The molecule has 1 unspecified atom stereocenters. The van der Waals surface area contributed by atoms with Crippen LogP contribution in [-0.2, 0) is 0 Å². The molecule has 1 atom stereocenters. The van der Waals surface area contributed by atoms with E-state index >= 15 is 0 Å². The fraction of sp³-hybridized carbons (Fsp3) is 0.188. The van der Waals surface area contributed by atoms with E-state index in [0.29, 0.717) is 6.42 Å². The fourth-order valence-corrected chi connectivity index (χ4v) is 1.95.